The highest BCUT2D eigenvalue weighted by Crippen LogP contribution is 2.38. The van der Waals surface area contributed by atoms with Gasteiger partial charge in [-0.1, -0.05) is 30.5 Å². The number of hydrogen-bond donors (Lipinski definition) is 1. The Labute approximate surface area is 97.2 Å². The lowest BCUT2D eigenvalue weighted by Crippen LogP contribution is -1.98. The first-order chi connectivity index (χ1) is 6.66. The molecule has 1 aromatic rings. The molecule has 3 heteroatoms. The smallest absolute Gasteiger partial charge is 0.0793 e. The minimum Gasteiger partial charge on any atom is -0.388 e. The molecule has 0 heterocycles. The van der Waals surface area contributed by atoms with Crippen LogP contribution in [0.1, 0.15) is 30.9 Å². The fraction of sp³-hybridized carbons (Fsp3) is 0.455. The summed E-state index contributed by atoms with van der Waals surface area (Å²) in [6, 6.07) is 5.60. The molecule has 0 aromatic heterocycles. The maximum absolute atomic E-state index is 9.88. The monoisotopic (exact) mass is 274 g/mol. The summed E-state index contributed by atoms with van der Waals surface area (Å²) < 4.78 is 0.853. The van der Waals surface area contributed by atoms with Crippen molar-refractivity contribution >= 4 is 27.5 Å². The average molecular weight is 276 g/mol. The zero-order valence-electron chi connectivity index (χ0n) is 7.71. The Hall–Kier alpha value is -0.0500. The van der Waals surface area contributed by atoms with Crippen molar-refractivity contribution in [2.24, 2.45) is 5.92 Å². The van der Waals surface area contributed by atoms with Crippen LogP contribution in [0.15, 0.2) is 22.7 Å². The Kier molecular flexibility index (Phi) is 3.15. The molecule has 1 aliphatic carbocycles. The molecular formula is C11H12BrClO. The highest BCUT2D eigenvalue weighted by Gasteiger charge is 2.25. The molecule has 1 atom stereocenters. The molecule has 14 heavy (non-hydrogen) atoms. The van der Waals surface area contributed by atoms with Crippen molar-refractivity contribution in [1.82, 2.24) is 0 Å². The maximum Gasteiger partial charge on any atom is 0.0793 e. The summed E-state index contributed by atoms with van der Waals surface area (Å²) in [5.41, 5.74) is 0.952. The number of aliphatic hydroxyl groups is 1. The first-order valence-electron chi connectivity index (χ1n) is 4.80. The van der Waals surface area contributed by atoms with Crippen LogP contribution in [-0.4, -0.2) is 5.11 Å². The molecule has 0 radical (unpaired) electrons. The van der Waals surface area contributed by atoms with Crippen molar-refractivity contribution in [2.75, 3.05) is 0 Å². The Balaban J connectivity index is 2.10. The minimum atomic E-state index is -0.337. The van der Waals surface area contributed by atoms with E-state index in [1.54, 1.807) is 0 Å². The van der Waals surface area contributed by atoms with Crippen LogP contribution < -0.4 is 0 Å². The number of halogens is 2. The van der Waals surface area contributed by atoms with Gasteiger partial charge in [-0.15, -0.1) is 0 Å². The Morgan fingerprint density at radius 2 is 2.21 bits per heavy atom. The van der Waals surface area contributed by atoms with Crippen molar-refractivity contribution in [3.05, 3.63) is 33.3 Å². The van der Waals surface area contributed by atoms with Gasteiger partial charge in [0.15, 0.2) is 0 Å². The number of hydrogen-bond acceptors (Lipinski definition) is 1. The van der Waals surface area contributed by atoms with Crippen LogP contribution in [0.4, 0.5) is 0 Å². The highest BCUT2D eigenvalue weighted by atomic mass is 79.9. The van der Waals surface area contributed by atoms with E-state index in [1.165, 1.54) is 12.8 Å². The SMILES string of the molecule is OC(CC1CC1)c1ccc(Cl)c(Br)c1. The van der Waals surface area contributed by atoms with Gasteiger partial charge in [0.1, 0.15) is 0 Å². The third-order valence-corrected chi connectivity index (χ3v) is 3.80. The lowest BCUT2D eigenvalue weighted by atomic mass is 10.0. The molecule has 1 nitrogen and oxygen atoms in total. The molecule has 1 fully saturated rings. The molecule has 1 saturated carbocycles. The van der Waals surface area contributed by atoms with Gasteiger partial charge in [0, 0.05) is 4.47 Å². The van der Waals surface area contributed by atoms with E-state index in [2.05, 4.69) is 15.9 Å². The maximum atomic E-state index is 9.88. The predicted molar refractivity (Wildman–Crippen MR) is 61.5 cm³/mol. The van der Waals surface area contributed by atoms with Gasteiger partial charge in [0.25, 0.3) is 0 Å². The van der Waals surface area contributed by atoms with E-state index in [0.29, 0.717) is 5.02 Å². The predicted octanol–water partition coefficient (Wildman–Crippen LogP) is 3.94. The first-order valence-corrected chi connectivity index (χ1v) is 5.97. The van der Waals surface area contributed by atoms with Gasteiger partial charge in [-0.2, -0.15) is 0 Å². The largest absolute Gasteiger partial charge is 0.388 e. The van der Waals surface area contributed by atoms with Gasteiger partial charge in [-0.25, -0.2) is 0 Å². The van der Waals surface area contributed by atoms with Crippen LogP contribution in [-0.2, 0) is 0 Å². The highest BCUT2D eigenvalue weighted by molar-refractivity contribution is 9.10. The number of rotatable bonds is 3. The number of aliphatic hydroxyl groups excluding tert-OH is 1. The fourth-order valence-electron chi connectivity index (χ4n) is 1.53. The summed E-state index contributed by atoms with van der Waals surface area (Å²) in [7, 11) is 0. The third-order valence-electron chi connectivity index (χ3n) is 2.58. The zero-order chi connectivity index (χ0) is 10.1. The van der Waals surface area contributed by atoms with E-state index in [4.69, 9.17) is 11.6 Å². The molecule has 1 unspecified atom stereocenters. The van der Waals surface area contributed by atoms with E-state index in [0.717, 1.165) is 22.4 Å². The van der Waals surface area contributed by atoms with Gasteiger partial charge in [-0.3, -0.25) is 0 Å². The quantitative estimate of drug-likeness (QED) is 0.886. The second-order valence-electron chi connectivity index (χ2n) is 3.87. The van der Waals surface area contributed by atoms with Crippen molar-refractivity contribution in [3.8, 4) is 0 Å². The minimum absolute atomic E-state index is 0.337. The van der Waals surface area contributed by atoms with Crippen molar-refractivity contribution < 1.29 is 5.11 Å². The Morgan fingerprint density at radius 1 is 1.50 bits per heavy atom. The van der Waals surface area contributed by atoms with E-state index in [-0.39, 0.29) is 6.10 Å². The summed E-state index contributed by atoms with van der Waals surface area (Å²) in [5, 5.41) is 10.6. The van der Waals surface area contributed by atoms with Crippen LogP contribution in [0, 0.1) is 5.92 Å². The van der Waals surface area contributed by atoms with Crippen LogP contribution in [0.2, 0.25) is 5.02 Å². The molecule has 1 N–H and O–H groups in total. The second kappa shape index (κ2) is 4.21. The Morgan fingerprint density at radius 3 is 2.79 bits per heavy atom. The number of benzene rings is 1. The van der Waals surface area contributed by atoms with Gasteiger partial charge in [-0.05, 0) is 46.0 Å². The summed E-state index contributed by atoms with van der Waals surface area (Å²) in [4.78, 5) is 0. The van der Waals surface area contributed by atoms with Crippen molar-refractivity contribution in [1.29, 1.82) is 0 Å². The molecule has 0 aliphatic heterocycles. The van der Waals surface area contributed by atoms with Crippen LogP contribution in [0.3, 0.4) is 0 Å². The van der Waals surface area contributed by atoms with E-state index in [9.17, 15) is 5.11 Å². The normalized spacial score (nSPS) is 18.2. The van der Waals surface area contributed by atoms with Gasteiger partial charge >= 0.3 is 0 Å². The standard InChI is InChI=1S/C11H12BrClO/c12-9-6-8(3-4-10(9)13)11(14)5-7-1-2-7/h3-4,6-7,11,14H,1-2,5H2. The summed E-state index contributed by atoms with van der Waals surface area (Å²) in [6.07, 6.45) is 3.09. The summed E-state index contributed by atoms with van der Waals surface area (Å²) in [6.45, 7) is 0. The van der Waals surface area contributed by atoms with Gasteiger partial charge in [0.2, 0.25) is 0 Å². The molecule has 0 spiro atoms. The van der Waals surface area contributed by atoms with E-state index in [1.807, 2.05) is 18.2 Å². The molecule has 1 aliphatic rings. The van der Waals surface area contributed by atoms with Crippen LogP contribution >= 0.6 is 27.5 Å². The van der Waals surface area contributed by atoms with Crippen molar-refractivity contribution in [2.45, 2.75) is 25.4 Å². The zero-order valence-corrected chi connectivity index (χ0v) is 10.1. The molecule has 0 saturated heterocycles. The fourth-order valence-corrected chi connectivity index (χ4v) is 2.04. The van der Waals surface area contributed by atoms with E-state index >= 15 is 0 Å². The molecular weight excluding hydrogens is 263 g/mol. The van der Waals surface area contributed by atoms with Crippen LogP contribution in [0.25, 0.3) is 0 Å². The van der Waals surface area contributed by atoms with Crippen LogP contribution in [0.5, 0.6) is 0 Å². The average Bonchev–Trinajstić information content (AvgIpc) is 2.93. The topological polar surface area (TPSA) is 20.2 Å². The Bertz CT molecular complexity index is 336. The molecule has 76 valence electrons. The second-order valence-corrected chi connectivity index (χ2v) is 5.13. The summed E-state index contributed by atoms with van der Waals surface area (Å²) >= 11 is 9.23. The molecule has 0 bridgehead atoms. The van der Waals surface area contributed by atoms with Gasteiger partial charge in [0.05, 0.1) is 11.1 Å². The molecule has 0 amide bonds. The first kappa shape index (κ1) is 10.5. The third kappa shape index (κ3) is 2.50. The molecule has 2 rings (SSSR count). The van der Waals surface area contributed by atoms with E-state index < -0.39 is 0 Å². The lowest BCUT2D eigenvalue weighted by molar-refractivity contribution is 0.160. The summed E-state index contributed by atoms with van der Waals surface area (Å²) in [5.74, 6) is 0.736. The molecule has 1 aromatic carbocycles. The lowest BCUT2D eigenvalue weighted by Gasteiger charge is -2.10. The van der Waals surface area contributed by atoms with Gasteiger partial charge < -0.3 is 5.11 Å². The van der Waals surface area contributed by atoms with Crippen molar-refractivity contribution in [3.63, 3.8) is 0 Å².